The fourth-order valence-electron chi connectivity index (χ4n) is 0.246. The maximum atomic E-state index is 10.7. The zero-order valence-electron chi connectivity index (χ0n) is 8.55. The molecule has 0 heterocycles. The molecule has 9 heavy (non-hydrogen) atoms. The average Bonchev–Trinajstić information content (AvgIpc) is 2.15. The van der Waals surface area contributed by atoms with Crippen LogP contribution in [-0.2, 0) is 9.59 Å². The second kappa shape index (κ2) is 3.06. The number of rotatable bonds is 3. The Hall–Kier alpha value is -1.06. The van der Waals surface area contributed by atoms with Gasteiger partial charge in [-0.3, -0.25) is 9.59 Å². The number of carbonyl (C=O) groups is 2. The minimum atomic E-state index is -2.15. The Bertz CT molecular complexity index is 209. The first kappa shape index (κ1) is 3.20. The monoisotopic (exact) mass is 136 g/mol. The Balaban J connectivity index is 4.45. The molecule has 1 atom stereocenters. The van der Waals surface area contributed by atoms with Gasteiger partial charge in [-0.25, -0.2) is 0 Å². The molecule has 0 aliphatic rings. The highest BCUT2D eigenvalue weighted by molar-refractivity contribution is 5.77. The van der Waals surface area contributed by atoms with Crippen molar-refractivity contribution in [3.63, 3.8) is 0 Å². The van der Waals surface area contributed by atoms with Gasteiger partial charge in [-0.2, -0.15) is 0 Å². The van der Waals surface area contributed by atoms with E-state index in [0.29, 0.717) is 0 Å². The van der Waals surface area contributed by atoms with E-state index in [1.54, 1.807) is 0 Å². The summed E-state index contributed by atoms with van der Waals surface area (Å²) in [6.45, 7) is -0.736. The van der Waals surface area contributed by atoms with E-state index in [4.69, 9.17) is 5.60 Å². The summed E-state index contributed by atoms with van der Waals surface area (Å²) in [5.41, 5.74) is 0. The number of carboxylic acid groups (broad SMARTS) is 2. The normalized spacial score (nSPS) is 21.3. The Morgan fingerprint density at radius 3 is 3.11 bits per heavy atom. The summed E-state index contributed by atoms with van der Waals surface area (Å²) in [4.78, 5) is 21.3. The second-order valence-electron chi connectivity index (χ2n) is 1.44. The molecule has 2 N–H and O–H groups in total. The lowest BCUT2D eigenvalue weighted by Gasteiger charge is -1.98. The lowest BCUT2D eigenvalue weighted by Crippen LogP contribution is -2.13. The van der Waals surface area contributed by atoms with E-state index >= 15 is 0 Å². The second-order valence-corrected chi connectivity index (χ2v) is 1.44. The van der Waals surface area contributed by atoms with Crippen LogP contribution in [0.4, 0.5) is 0 Å². The van der Waals surface area contributed by atoms with E-state index in [1.807, 2.05) is 0 Å². The highest BCUT2D eigenvalue weighted by atomic mass is 16.4. The van der Waals surface area contributed by atoms with Crippen LogP contribution in [0, 0.1) is 5.89 Å². The molecule has 0 bridgehead atoms. The number of carboxylic acids is 2. The van der Waals surface area contributed by atoms with Crippen LogP contribution in [0.2, 0.25) is 0 Å². The summed E-state index contributed by atoms with van der Waals surface area (Å²) in [5, 5.41) is 6.97. The van der Waals surface area contributed by atoms with Crippen LogP contribution >= 0.6 is 0 Å². The van der Waals surface area contributed by atoms with Gasteiger partial charge in [-0.1, -0.05) is 6.90 Å². The molecule has 52 valence electrons. The zero-order chi connectivity index (χ0) is 10.5. The van der Waals surface area contributed by atoms with Crippen molar-refractivity contribution in [1.82, 2.24) is 0 Å². The molecule has 0 aromatic rings. The van der Waals surface area contributed by atoms with Crippen LogP contribution in [-0.4, -0.2) is 22.2 Å². The molecule has 0 aromatic carbocycles. The molecule has 0 amide bonds. The van der Waals surface area contributed by atoms with Gasteiger partial charge in [0.2, 0.25) is 0 Å². The third-order valence-corrected chi connectivity index (χ3v) is 0.646. The first-order valence-corrected chi connectivity index (χ1v) is 2.13. The van der Waals surface area contributed by atoms with Gasteiger partial charge in [0.05, 0.1) is 12.3 Å². The summed E-state index contributed by atoms with van der Waals surface area (Å²) in [6, 6.07) is 0. The number of hydrogen-bond acceptors (Lipinski definition) is 4. The molecule has 0 fully saturated rings. The molecule has 1 unspecified atom stereocenters. The van der Waals surface area contributed by atoms with Gasteiger partial charge < -0.3 is 10.2 Å². The molecule has 0 saturated carbocycles. The van der Waals surface area contributed by atoms with Crippen molar-refractivity contribution in [1.29, 1.82) is 2.86 Å². The van der Waals surface area contributed by atoms with Crippen LogP contribution in [0.25, 0.3) is 2.86 Å². The van der Waals surface area contributed by atoms with Crippen LogP contribution in [0.15, 0.2) is 0 Å². The lowest BCUT2D eigenvalue weighted by molar-refractivity contribution is -0.147. The standard InChI is InChI=1S/C5H8O4/c1-3(5(8)9)2-4(6)7/h3H,2H2,1H3,(H,6,7)(H,8,9)/i1D,3D/hD2. The molecule has 4 nitrogen and oxygen atoms in total. The number of aliphatic carboxylic acids is 2. The van der Waals surface area contributed by atoms with Crippen molar-refractivity contribution in [2.24, 2.45) is 5.89 Å². The Morgan fingerprint density at radius 2 is 2.67 bits per heavy atom. The molecule has 0 radical (unpaired) electrons. The van der Waals surface area contributed by atoms with Crippen LogP contribution in [0.3, 0.4) is 0 Å². The minimum Gasteiger partial charge on any atom is -0.481 e. The van der Waals surface area contributed by atoms with E-state index in [2.05, 4.69) is 10.2 Å². The van der Waals surface area contributed by atoms with Gasteiger partial charge in [-0.05, 0) is 0 Å². The van der Waals surface area contributed by atoms with Crippen LogP contribution in [0.5, 0.6) is 0 Å². The molecular weight excluding hydrogens is 124 g/mol. The molecule has 0 rings (SSSR count). The summed E-state index contributed by atoms with van der Waals surface area (Å²) < 4.78 is 26.4. The van der Waals surface area contributed by atoms with E-state index in [-0.39, 0.29) is 0 Å². The van der Waals surface area contributed by atoms with E-state index in [1.165, 1.54) is 0 Å². The average molecular weight is 136 g/mol. The Morgan fingerprint density at radius 1 is 1.89 bits per heavy atom. The summed E-state index contributed by atoms with van der Waals surface area (Å²) in [7, 11) is 0. The largest absolute Gasteiger partial charge is 0.481 e. The third-order valence-electron chi connectivity index (χ3n) is 0.646. The van der Waals surface area contributed by atoms with Crippen LogP contribution < -0.4 is 0 Å². The first-order chi connectivity index (χ1) is 6.00. The van der Waals surface area contributed by atoms with Gasteiger partial charge in [0.1, 0.15) is 0 Å². The van der Waals surface area contributed by atoms with Gasteiger partial charge in [0, 0.05) is 2.74 Å². The van der Waals surface area contributed by atoms with E-state index < -0.39 is 31.2 Å². The van der Waals surface area contributed by atoms with Gasteiger partial charge >= 0.3 is 11.9 Å². The van der Waals surface area contributed by atoms with Gasteiger partial charge in [0.15, 0.2) is 0 Å². The molecule has 0 aliphatic carbocycles. The molecule has 0 spiro atoms. The summed E-state index contributed by atoms with van der Waals surface area (Å²) >= 11 is 0. The molecule has 0 aromatic heterocycles. The lowest BCUT2D eigenvalue weighted by atomic mass is 10.1. The van der Waals surface area contributed by atoms with Crippen molar-refractivity contribution in [2.75, 3.05) is 0 Å². The molecular formula is C5H8O4. The predicted molar refractivity (Wildman–Crippen MR) is 29.1 cm³/mol. The van der Waals surface area contributed by atoms with E-state index in [0.717, 1.165) is 0 Å². The third kappa shape index (κ3) is 3.52. The maximum Gasteiger partial charge on any atom is 0.306 e. The first-order valence-electron chi connectivity index (χ1n) is 4.15. The number of hydrogen-bond donors (Lipinski definition) is 2. The Kier molecular flexibility index (Phi) is 1.09. The SMILES string of the molecule is [2H]CC([2H])(CC(=O)O[2H])C(=O)O[2H]. The summed E-state index contributed by atoms with van der Waals surface area (Å²) in [5.74, 6) is -4.58. The van der Waals surface area contributed by atoms with Crippen molar-refractivity contribution >= 4 is 11.9 Å². The quantitative estimate of drug-likeness (QED) is 0.580. The fourth-order valence-corrected chi connectivity index (χ4v) is 0.246. The molecule has 0 aliphatic heterocycles. The van der Waals surface area contributed by atoms with Crippen molar-refractivity contribution < 1.29 is 22.5 Å². The predicted octanol–water partition coefficient (Wildman–Crippen LogP) is 0.182. The fraction of sp³-hybridized carbons (Fsp3) is 0.600. The summed E-state index contributed by atoms with van der Waals surface area (Å²) in [6.07, 6.45) is -0.766. The van der Waals surface area contributed by atoms with Crippen molar-refractivity contribution in [3.8, 4) is 0 Å². The van der Waals surface area contributed by atoms with Crippen molar-refractivity contribution in [2.45, 2.75) is 13.3 Å². The van der Waals surface area contributed by atoms with Gasteiger partial charge in [0.25, 0.3) is 2.86 Å². The smallest absolute Gasteiger partial charge is 0.306 e. The van der Waals surface area contributed by atoms with E-state index in [9.17, 15) is 9.59 Å². The molecule has 0 saturated heterocycles. The molecule has 4 heteroatoms. The maximum absolute atomic E-state index is 10.7. The Labute approximate surface area is 57.9 Å². The minimum absolute atomic E-state index is 0.736. The topological polar surface area (TPSA) is 74.6 Å². The van der Waals surface area contributed by atoms with Gasteiger partial charge in [-0.15, -0.1) is 0 Å². The van der Waals surface area contributed by atoms with Crippen molar-refractivity contribution in [3.05, 3.63) is 0 Å². The zero-order valence-corrected chi connectivity index (χ0v) is 4.55. The highest BCUT2D eigenvalue weighted by Gasteiger charge is 2.13. The highest BCUT2D eigenvalue weighted by Crippen LogP contribution is 1.99. The van der Waals surface area contributed by atoms with Crippen LogP contribution in [0.1, 0.15) is 16.1 Å².